The Labute approximate surface area is 117 Å². The molecule has 0 spiro atoms. The van der Waals surface area contributed by atoms with E-state index in [4.69, 9.17) is 0 Å². The summed E-state index contributed by atoms with van der Waals surface area (Å²) in [6, 6.07) is 2.54. The molecule has 0 aromatic heterocycles. The summed E-state index contributed by atoms with van der Waals surface area (Å²) in [5, 5.41) is 20.8. The Hall–Kier alpha value is -0.590. The van der Waals surface area contributed by atoms with E-state index in [-0.39, 0.29) is 0 Å². The van der Waals surface area contributed by atoms with Crippen LogP contribution in [-0.4, -0.2) is 35.2 Å². The van der Waals surface area contributed by atoms with Crippen molar-refractivity contribution in [2.75, 3.05) is 19.6 Å². The third-order valence-corrected chi connectivity index (χ3v) is 5.33. The summed E-state index contributed by atoms with van der Waals surface area (Å²) in [5.41, 5.74) is -1.23. The highest BCUT2D eigenvalue weighted by Gasteiger charge is 2.53. The molecule has 2 aliphatic rings. The second-order valence-electron chi connectivity index (χ2n) is 6.77. The molecule has 1 saturated heterocycles. The normalized spacial score (nSPS) is 35.8. The van der Waals surface area contributed by atoms with Gasteiger partial charge in [0.2, 0.25) is 0 Å². The molecule has 108 valence electrons. The monoisotopic (exact) mass is 264 g/mol. The average Bonchev–Trinajstić information content (AvgIpc) is 2.41. The van der Waals surface area contributed by atoms with Crippen molar-refractivity contribution >= 4 is 0 Å². The Bertz CT molecular complexity index is 341. The SMILES string of the molecule is CCCN1CCC(O)(C2(C#N)CCCC(C)C2)CC1. The number of hydrogen-bond acceptors (Lipinski definition) is 3. The molecule has 0 amide bonds. The van der Waals surface area contributed by atoms with Crippen LogP contribution in [0.25, 0.3) is 0 Å². The van der Waals surface area contributed by atoms with E-state index in [1.165, 1.54) is 12.8 Å². The quantitative estimate of drug-likeness (QED) is 0.852. The van der Waals surface area contributed by atoms with E-state index in [1.54, 1.807) is 0 Å². The molecular weight excluding hydrogens is 236 g/mol. The van der Waals surface area contributed by atoms with Crippen LogP contribution in [0.1, 0.15) is 58.8 Å². The number of likely N-dealkylation sites (tertiary alicyclic amines) is 1. The molecule has 3 heteroatoms. The van der Waals surface area contributed by atoms with Crippen LogP contribution in [0.5, 0.6) is 0 Å². The van der Waals surface area contributed by atoms with E-state index in [9.17, 15) is 10.4 Å². The Kier molecular flexibility index (Phi) is 4.53. The Morgan fingerprint density at radius 2 is 2.00 bits per heavy atom. The van der Waals surface area contributed by atoms with Crippen LogP contribution in [0.15, 0.2) is 0 Å². The van der Waals surface area contributed by atoms with Gasteiger partial charge < -0.3 is 10.0 Å². The minimum absolute atomic E-state index is 0.483. The molecule has 1 heterocycles. The van der Waals surface area contributed by atoms with Gasteiger partial charge in [0.25, 0.3) is 0 Å². The van der Waals surface area contributed by atoms with Crippen LogP contribution in [0.3, 0.4) is 0 Å². The minimum Gasteiger partial charge on any atom is -0.388 e. The van der Waals surface area contributed by atoms with Gasteiger partial charge >= 0.3 is 0 Å². The van der Waals surface area contributed by atoms with E-state index in [2.05, 4.69) is 24.8 Å². The third-order valence-electron chi connectivity index (χ3n) is 5.33. The molecule has 1 aliphatic carbocycles. The van der Waals surface area contributed by atoms with Gasteiger partial charge in [-0.15, -0.1) is 0 Å². The van der Waals surface area contributed by atoms with Gasteiger partial charge in [0.1, 0.15) is 0 Å². The highest BCUT2D eigenvalue weighted by atomic mass is 16.3. The molecule has 1 aliphatic heterocycles. The second kappa shape index (κ2) is 5.81. The fraction of sp³-hybridized carbons (Fsp3) is 0.938. The molecule has 0 aromatic rings. The first-order valence-corrected chi connectivity index (χ1v) is 7.91. The molecule has 2 fully saturated rings. The molecule has 3 nitrogen and oxygen atoms in total. The van der Waals surface area contributed by atoms with Crippen molar-refractivity contribution in [2.24, 2.45) is 11.3 Å². The molecule has 1 saturated carbocycles. The van der Waals surface area contributed by atoms with E-state index >= 15 is 0 Å². The van der Waals surface area contributed by atoms with Crippen molar-refractivity contribution in [3.05, 3.63) is 0 Å². The highest BCUT2D eigenvalue weighted by Crippen LogP contribution is 2.50. The molecule has 0 radical (unpaired) electrons. The molecular formula is C16H28N2O. The van der Waals surface area contributed by atoms with Gasteiger partial charge in [0.15, 0.2) is 0 Å². The summed E-state index contributed by atoms with van der Waals surface area (Å²) >= 11 is 0. The standard InChI is InChI=1S/C16H28N2O/c1-3-9-18-10-7-16(19,8-11-18)15(13-17)6-4-5-14(2)12-15/h14,19H,3-12H2,1-2H3. The number of nitriles is 1. The first kappa shape index (κ1) is 14.8. The first-order chi connectivity index (χ1) is 9.05. The van der Waals surface area contributed by atoms with Crippen molar-refractivity contribution in [2.45, 2.75) is 64.4 Å². The van der Waals surface area contributed by atoms with Crippen LogP contribution in [0.2, 0.25) is 0 Å². The maximum Gasteiger partial charge on any atom is 0.0863 e. The summed E-state index contributed by atoms with van der Waals surface area (Å²) in [6.45, 7) is 7.43. The van der Waals surface area contributed by atoms with Gasteiger partial charge in [-0.2, -0.15) is 5.26 Å². The van der Waals surface area contributed by atoms with Crippen molar-refractivity contribution in [1.82, 2.24) is 4.90 Å². The van der Waals surface area contributed by atoms with Gasteiger partial charge in [-0.25, -0.2) is 0 Å². The predicted molar refractivity (Wildman–Crippen MR) is 76.6 cm³/mol. The molecule has 1 N–H and O–H groups in total. The topological polar surface area (TPSA) is 47.3 Å². The molecule has 0 aromatic carbocycles. The summed E-state index contributed by atoms with van der Waals surface area (Å²) < 4.78 is 0. The maximum atomic E-state index is 11.1. The van der Waals surface area contributed by atoms with Crippen LogP contribution >= 0.6 is 0 Å². The lowest BCUT2D eigenvalue weighted by atomic mass is 9.59. The van der Waals surface area contributed by atoms with Crippen LogP contribution in [0.4, 0.5) is 0 Å². The average molecular weight is 264 g/mol. The van der Waals surface area contributed by atoms with Gasteiger partial charge in [-0.1, -0.05) is 26.7 Å². The summed E-state index contributed by atoms with van der Waals surface area (Å²) in [5.74, 6) is 0.575. The molecule has 2 atom stereocenters. The van der Waals surface area contributed by atoms with Crippen LogP contribution in [-0.2, 0) is 0 Å². The predicted octanol–water partition coefficient (Wildman–Crippen LogP) is 2.94. The Morgan fingerprint density at radius 1 is 1.32 bits per heavy atom. The minimum atomic E-state index is -0.749. The summed E-state index contributed by atoms with van der Waals surface area (Å²) in [7, 11) is 0. The Morgan fingerprint density at radius 3 is 2.53 bits per heavy atom. The van der Waals surface area contributed by atoms with E-state index in [1.807, 2.05) is 0 Å². The van der Waals surface area contributed by atoms with Gasteiger partial charge in [0.05, 0.1) is 17.1 Å². The number of hydrogen-bond donors (Lipinski definition) is 1. The number of nitrogens with zero attached hydrogens (tertiary/aromatic N) is 2. The largest absolute Gasteiger partial charge is 0.388 e. The third kappa shape index (κ3) is 2.80. The molecule has 2 rings (SSSR count). The lowest BCUT2D eigenvalue weighted by molar-refractivity contribution is -0.116. The fourth-order valence-electron chi connectivity index (χ4n) is 4.12. The Balaban J connectivity index is 2.08. The highest BCUT2D eigenvalue weighted by molar-refractivity contribution is 5.14. The van der Waals surface area contributed by atoms with Gasteiger partial charge in [0, 0.05) is 13.1 Å². The molecule has 0 bridgehead atoms. The zero-order chi connectivity index (χ0) is 13.9. The number of rotatable bonds is 3. The second-order valence-corrected chi connectivity index (χ2v) is 6.77. The van der Waals surface area contributed by atoms with Crippen LogP contribution in [0, 0.1) is 22.7 Å². The molecule has 2 unspecified atom stereocenters. The smallest absolute Gasteiger partial charge is 0.0863 e. The first-order valence-electron chi connectivity index (χ1n) is 7.91. The lowest BCUT2D eigenvalue weighted by Gasteiger charge is -2.50. The van der Waals surface area contributed by atoms with Crippen molar-refractivity contribution in [3.63, 3.8) is 0 Å². The number of aliphatic hydroxyl groups is 1. The summed E-state index contributed by atoms with van der Waals surface area (Å²) in [4.78, 5) is 2.42. The van der Waals surface area contributed by atoms with E-state index in [0.717, 1.165) is 51.7 Å². The van der Waals surface area contributed by atoms with E-state index in [0.29, 0.717) is 5.92 Å². The zero-order valence-electron chi connectivity index (χ0n) is 12.5. The lowest BCUT2D eigenvalue weighted by Crippen LogP contribution is -2.56. The van der Waals surface area contributed by atoms with Gasteiger partial charge in [-0.3, -0.25) is 0 Å². The number of piperidine rings is 1. The van der Waals surface area contributed by atoms with Crippen molar-refractivity contribution in [1.29, 1.82) is 5.26 Å². The molecule has 19 heavy (non-hydrogen) atoms. The van der Waals surface area contributed by atoms with Gasteiger partial charge in [-0.05, 0) is 44.6 Å². The fourth-order valence-corrected chi connectivity index (χ4v) is 4.12. The van der Waals surface area contributed by atoms with Crippen molar-refractivity contribution < 1.29 is 5.11 Å². The maximum absolute atomic E-state index is 11.1. The summed E-state index contributed by atoms with van der Waals surface area (Å²) in [6.07, 6.45) is 6.78. The zero-order valence-corrected chi connectivity index (χ0v) is 12.5. The van der Waals surface area contributed by atoms with Crippen LogP contribution < -0.4 is 0 Å². The van der Waals surface area contributed by atoms with E-state index < -0.39 is 11.0 Å². The van der Waals surface area contributed by atoms with Crippen molar-refractivity contribution in [3.8, 4) is 6.07 Å².